The molecule has 0 aliphatic carbocycles. The van der Waals surface area contributed by atoms with Crippen LogP contribution in [0.15, 0.2) is 42.4 Å². The van der Waals surface area contributed by atoms with Crippen molar-refractivity contribution < 1.29 is 39.2 Å². The second-order valence-electron chi connectivity index (χ2n) is 4.67. The average Bonchev–Trinajstić information content (AvgIpc) is 3.07. The molecule has 2 heterocycles. The number of benzene rings is 2. The second-order valence-corrected chi connectivity index (χ2v) is 4.67. The van der Waals surface area contributed by atoms with E-state index >= 15 is 0 Å². The minimum absolute atomic E-state index is 0.0862. The van der Waals surface area contributed by atoms with Crippen molar-refractivity contribution in [3.05, 3.63) is 53.7 Å². The van der Waals surface area contributed by atoms with Gasteiger partial charge < -0.3 is 19.5 Å². The molecule has 2 atom stereocenters. The molecule has 2 aliphatic rings. The first kappa shape index (κ1) is 5.92. The SMILES string of the molecule is [2H]c1c([2H])c(C2([2H])[C@H](C([2H])([2H])Oc3ccc4c(c3)OC([2H])([2H])O4)C([2H])([2H])NC([2H])([2H])C2([2H])[2H])c([2H])c([2H])c1F. The molecule has 2 aromatic rings. The summed E-state index contributed by atoms with van der Waals surface area (Å²) < 4.78 is 153. The van der Waals surface area contributed by atoms with E-state index in [1.165, 1.54) is 0 Å². The molecular formula is C19H20FNO3. The fraction of sp³-hybridized carbons (Fsp3) is 0.368. The Morgan fingerprint density at radius 2 is 2.17 bits per heavy atom. The van der Waals surface area contributed by atoms with Crippen molar-refractivity contribution in [1.82, 2.24) is 5.32 Å². The van der Waals surface area contributed by atoms with E-state index < -0.39 is 85.8 Å². The fourth-order valence-corrected chi connectivity index (χ4v) is 2.03. The van der Waals surface area contributed by atoms with Crippen molar-refractivity contribution in [2.24, 2.45) is 5.92 Å². The van der Waals surface area contributed by atoms with E-state index in [-0.39, 0.29) is 11.5 Å². The Bertz CT molecular complexity index is 1320. The molecule has 1 unspecified atom stereocenters. The van der Waals surface area contributed by atoms with Crippen molar-refractivity contribution in [2.45, 2.75) is 12.3 Å². The Labute approximate surface area is 161 Å². The maximum absolute atomic E-state index is 14.3. The molecule has 0 saturated carbocycles. The van der Waals surface area contributed by atoms with Gasteiger partial charge in [0, 0.05) is 28.1 Å². The van der Waals surface area contributed by atoms with Crippen LogP contribution in [0, 0.1) is 11.7 Å². The van der Waals surface area contributed by atoms with Gasteiger partial charge in [0.05, 0.1) is 14.8 Å². The first-order valence-corrected chi connectivity index (χ1v) is 6.77. The predicted octanol–water partition coefficient (Wildman–Crippen LogP) is 3.33. The number of fused-ring (bicyclic) bond motifs is 1. The molecule has 126 valence electrons. The Kier molecular flexibility index (Phi) is 1.65. The van der Waals surface area contributed by atoms with Gasteiger partial charge in [-0.05, 0) is 48.5 Å². The summed E-state index contributed by atoms with van der Waals surface area (Å²) in [5, 5.41) is 1.69. The zero-order valence-corrected chi connectivity index (χ0v) is 11.9. The van der Waals surface area contributed by atoms with Crippen LogP contribution in [0.4, 0.5) is 4.39 Å². The van der Waals surface area contributed by atoms with Gasteiger partial charge >= 0.3 is 0 Å². The third kappa shape index (κ3) is 3.17. The topological polar surface area (TPSA) is 39.7 Å². The van der Waals surface area contributed by atoms with E-state index in [9.17, 15) is 4.39 Å². The van der Waals surface area contributed by atoms with Gasteiger partial charge in [-0.2, -0.15) is 0 Å². The monoisotopic (exact) mass is 344 g/mol. The lowest BCUT2D eigenvalue weighted by Gasteiger charge is -2.32. The lowest BCUT2D eigenvalue weighted by molar-refractivity contribution is 0.173. The molecule has 5 heteroatoms. The highest BCUT2D eigenvalue weighted by molar-refractivity contribution is 5.46. The molecular weight excluding hydrogens is 309 g/mol. The van der Waals surface area contributed by atoms with Crippen LogP contribution in [0.3, 0.4) is 0 Å². The van der Waals surface area contributed by atoms with Crippen LogP contribution < -0.4 is 19.5 Å². The molecule has 0 bridgehead atoms. The number of rotatable bonds is 4. The number of piperidine rings is 1. The summed E-state index contributed by atoms with van der Waals surface area (Å²) in [5.74, 6) is -8.81. The summed E-state index contributed by atoms with van der Waals surface area (Å²) in [6, 6.07) is -2.18. The minimum Gasteiger partial charge on any atom is -0.493 e. The third-order valence-corrected chi connectivity index (χ3v) is 3.14. The number of ether oxygens (including phenoxy) is 3. The van der Waals surface area contributed by atoms with Gasteiger partial charge in [0.25, 0.3) is 0 Å². The van der Waals surface area contributed by atoms with E-state index in [1.54, 1.807) is 5.32 Å². The number of hydrogen-bond donors (Lipinski definition) is 1. The fourth-order valence-electron chi connectivity index (χ4n) is 2.03. The van der Waals surface area contributed by atoms with Crippen molar-refractivity contribution >= 4 is 0 Å². The van der Waals surface area contributed by atoms with Crippen molar-refractivity contribution in [3.63, 3.8) is 0 Å². The van der Waals surface area contributed by atoms with Gasteiger partial charge in [0.2, 0.25) is 6.75 Å². The van der Waals surface area contributed by atoms with Crippen molar-refractivity contribution in [3.8, 4) is 17.2 Å². The van der Waals surface area contributed by atoms with Crippen LogP contribution in [0.25, 0.3) is 0 Å². The van der Waals surface area contributed by atoms with E-state index in [1.807, 2.05) is 0 Å². The molecule has 0 aromatic heterocycles. The largest absolute Gasteiger partial charge is 0.493 e. The van der Waals surface area contributed by atoms with E-state index in [4.69, 9.17) is 34.8 Å². The first-order valence-electron chi connectivity index (χ1n) is 14.3. The van der Waals surface area contributed by atoms with Gasteiger partial charge in [-0.3, -0.25) is 0 Å². The van der Waals surface area contributed by atoms with Crippen LogP contribution in [0.5, 0.6) is 17.2 Å². The highest BCUT2D eigenvalue weighted by Crippen LogP contribution is 2.36. The first-order chi connectivity index (χ1) is 17.5. The van der Waals surface area contributed by atoms with Crippen LogP contribution >= 0.6 is 0 Å². The Morgan fingerprint density at radius 3 is 3.04 bits per heavy atom. The standard InChI is InChI=1S/C19H20FNO3/c20-15-3-1-13(2-4-15)17-7-8-21-10-14(17)11-22-16-5-6-18-19(9-16)24-12-23-18/h1-6,9,14,17,21H,7-8,10-12H2/t14-,17?/m0/s1/i1D,2D,3D,4D,7D2,8D2,10D2,11D2,12D2,17D. The van der Waals surface area contributed by atoms with E-state index in [2.05, 4.69) is 0 Å². The molecule has 1 N–H and O–H groups in total. The zero-order valence-electron chi connectivity index (χ0n) is 26.9. The molecule has 4 nitrogen and oxygen atoms in total. The maximum atomic E-state index is 14.3. The van der Waals surface area contributed by atoms with E-state index in [0.29, 0.717) is 0 Å². The average molecular weight is 344 g/mol. The van der Waals surface area contributed by atoms with Crippen molar-refractivity contribution in [2.75, 3.05) is 26.3 Å². The molecule has 2 aliphatic heterocycles. The quantitative estimate of drug-likeness (QED) is 0.924. The lowest BCUT2D eigenvalue weighted by Crippen LogP contribution is -2.38. The van der Waals surface area contributed by atoms with Crippen LogP contribution in [-0.2, 0) is 0 Å². The summed E-state index contributed by atoms with van der Waals surface area (Å²) >= 11 is 0. The summed E-state index contributed by atoms with van der Waals surface area (Å²) in [6.07, 6.45) is -3.68. The van der Waals surface area contributed by atoms with Crippen molar-refractivity contribution in [1.29, 1.82) is 0 Å². The number of nitrogens with one attached hydrogen (secondary N) is 1. The van der Waals surface area contributed by atoms with Crippen LogP contribution in [0.2, 0.25) is 0 Å². The molecule has 1 fully saturated rings. The number of halogens is 1. The normalized spacial score (nSPS) is 43.5. The highest BCUT2D eigenvalue weighted by atomic mass is 19.1. The highest BCUT2D eigenvalue weighted by Gasteiger charge is 2.27. The molecule has 0 radical (unpaired) electrons. The Hall–Kier alpha value is -2.27. The second kappa shape index (κ2) is 6.69. The van der Waals surface area contributed by atoms with Gasteiger partial charge in [0.1, 0.15) is 14.3 Å². The minimum atomic E-state index is -3.68. The lowest BCUT2D eigenvalue weighted by atomic mass is 9.81. The zero-order chi connectivity index (χ0) is 29.7. The molecule has 24 heavy (non-hydrogen) atoms. The molecule has 0 amide bonds. The Morgan fingerprint density at radius 1 is 1.33 bits per heavy atom. The van der Waals surface area contributed by atoms with Crippen LogP contribution in [-0.4, -0.2) is 26.3 Å². The molecule has 2 aromatic carbocycles. The van der Waals surface area contributed by atoms with Crippen LogP contribution in [0.1, 0.15) is 38.4 Å². The van der Waals surface area contributed by atoms with Gasteiger partial charge in [0.15, 0.2) is 11.5 Å². The summed E-state index contributed by atoms with van der Waals surface area (Å²) in [5.41, 5.74) is -1.28. The summed E-state index contributed by atoms with van der Waals surface area (Å²) in [7, 11) is 0. The number of hydrogen-bond acceptors (Lipinski definition) is 4. The predicted molar refractivity (Wildman–Crippen MR) is 88.2 cm³/mol. The molecule has 1 saturated heterocycles. The van der Waals surface area contributed by atoms with E-state index in [0.717, 1.165) is 18.2 Å². The van der Waals surface area contributed by atoms with Gasteiger partial charge in [-0.25, -0.2) is 4.39 Å². The van der Waals surface area contributed by atoms with Gasteiger partial charge in [-0.1, -0.05) is 12.1 Å². The molecule has 0 spiro atoms. The molecule has 4 rings (SSSR count). The smallest absolute Gasteiger partial charge is 0.231 e. The Balaban J connectivity index is 1.95. The summed E-state index contributed by atoms with van der Waals surface area (Å²) in [4.78, 5) is 0. The third-order valence-electron chi connectivity index (χ3n) is 3.14. The maximum Gasteiger partial charge on any atom is 0.231 e. The summed E-state index contributed by atoms with van der Waals surface area (Å²) in [6.45, 7) is -12.8. The van der Waals surface area contributed by atoms with Gasteiger partial charge in [-0.15, -0.1) is 0 Å².